The Morgan fingerprint density at radius 1 is 1.07 bits per heavy atom. The lowest BCUT2D eigenvalue weighted by atomic mass is 10.1. The number of carbonyl (C=O) groups excluding carboxylic acids is 1. The molecule has 0 radical (unpaired) electrons. The molecule has 0 saturated heterocycles. The molecule has 2 aromatic heterocycles. The van der Waals surface area contributed by atoms with Crippen molar-refractivity contribution in [3.8, 4) is 21.8 Å². The minimum atomic E-state index is -0.599. The summed E-state index contributed by atoms with van der Waals surface area (Å²) in [5.41, 5.74) is 1.58. The molecule has 4 rings (SSSR count). The summed E-state index contributed by atoms with van der Waals surface area (Å²) >= 11 is 1.22. The summed E-state index contributed by atoms with van der Waals surface area (Å²) in [7, 11) is 1.75. The number of carbonyl (C=O) groups is 1. The first-order valence-electron chi connectivity index (χ1n) is 8.34. The minimum absolute atomic E-state index is 0.0541. The number of aromatic nitrogens is 3. The molecule has 0 atom stereocenters. The lowest BCUT2D eigenvalue weighted by molar-refractivity contribution is 0.102. The normalized spacial score (nSPS) is 10.8. The number of rotatable bonds is 4. The SMILES string of the molecule is Cn1nc(-c2ccccc2F)cc1-c1cnc(NC(=O)c2ccccc2F)s1. The Hall–Kier alpha value is -3.39. The topological polar surface area (TPSA) is 59.8 Å². The highest BCUT2D eigenvalue weighted by Crippen LogP contribution is 2.32. The fraction of sp³-hybridized carbons (Fsp3) is 0.0500. The van der Waals surface area contributed by atoms with Crippen LogP contribution in [0.3, 0.4) is 0 Å². The van der Waals surface area contributed by atoms with Crippen LogP contribution in [0.15, 0.2) is 60.8 Å². The van der Waals surface area contributed by atoms with E-state index in [9.17, 15) is 13.6 Å². The minimum Gasteiger partial charge on any atom is -0.298 e. The third-order valence-electron chi connectivity index (χ3n) is 4.13. The molecule has 140 valence electrons. The van der Waals surface area contributed by atoms with Gasteiger partial charge in [0, 0.05) is 18.8 Å². The highest BCUT2D eigenvalue weighted by Gasteiger charge is 2.16. The van der Waals surface area contributed by atoms with Crippen LogP contribution >= 0.6 is 11.3 Å². The summed E-state index contributed by atoms with van der Waals surface area (Å²) in [4.78, 5) is 17.1. The molecule has 0 aliphatic rings. The van der Waals surface area contributed by atoms with Gasteiger partial charge in [0.1, 0.15) is 11.6 Å². The quantitative estimate of drug-likeness (QED) is 0.542. The van der Waals surface area contributed by atoms with E-state index in [1.165, 1.54) is 35.6 Å². The molecule has 5 nitrogen and oxygen atoms in total. The summed E-state index contributed by atoms with van der Waals surface area (Å²) in [6.45, 7) is 0. The molecule has 2 aromatic carbocycles. The molecule has 0 fully saturated rings. The zero-order valence-corrected chi connectivity index (χ0v) is 15.5. The summed E-state index contributed by atoms with van der Waals surface area (Å²) in [5.74, 6) is -1.52. The Morgan fingerprint density at radius 3 is 2.54 bits per heavy atom. The number of amides is 1. The van der Waals surface area contributed by atoms with E-state index in [-0.39, 0.29) is 11.4 Å². The van der Waals surface area contributed by atoms with Crippen LogP contribution in [0.5, 0.6) is 0 Å². The number of hydrogen-bond acceptors (Lipinski definition) is 4. The molecule has 0 spiro atoms. The Kier molecular flexibility index (Phi) is 4.70. The van der Waals surface area contributed by atoms with Crippen molar-refractivity contribution in [3.05, 3.63) is 78.0 Å². The Balaban J connectivity index is 1.59. The first kappa shape index (κ1) is 18.0. The van der Waals surface area contributed by atoms with E-state index in [1.54, 1.807) is 48.3 Å². The Bertz CT molecular complexity index is 1170. The Morgan fingerprint density at radius 2 is 1.79 bits per heavy atom. The third kappa shape index (κ3) is 3.41. The van der Waals surface area contributed by atoms with Gasteiger partial charge in [0.25, 0.3) is 5.91 Å². The van der Waals surface area contributed by atoms with Crippen LogP contribution in [0.2, 0.25) is 0 Å². The molecule has 8 heteroatoms. The van der Waals surface area contributed by atoms with Crippen molar-refractivity contribution >= 4 is 22.4 Å². The summed E-state index contributed by atoms with van der Waals surface area (Å²) in [6, 6.07) is 13.9. The van der Waals surface area contributed by atoms with Crippen LogP contribution < -0.4 is 5.32 Å². The third-order valence-corrected chi connectivity index (χ3v) is 5.06. The standard InChI is InChI=1S/C20H14F2N4OS/c1-26-17(10-16(25-26)12-6-2-4-8-14(12)21)18-11-23-20(28-18)24-19(27)13-7-3-5-9-15(13)22/h2-11H,1H3,(H,23,24,27). The monoisotopic (exact) mass is 396 g/mol. The number of anilines is 1. The van der Waals surface area contributed by atoms with Crippen molar-refractivity contribution in [2.24, 2.45) is 7.05 Å². The van der Waals surface area contributed by atoms with E-state index in [0.29, 0.717) is 16.4 Å². The number of benzene rings is 2. The van der Waals surface area contributed by atoms with Crippen molar-refractivity contribution in [2.45, 2.75) is 0 Å². The second kappa shape index (κ2) is 7.32. The molecule has 1 N–H and O–H groups in total. The van der Waals surface area contributed by atoms with Gasteiger partial charge in [-0.25, -0.2) is 13.8 Å². The van der Waals surface area contributed by atoms with Gasteiger partial charge in [0.2, 0.25) is 0 Å². The van der Waals surface area contributed by atoms with E-state index < -0.39 is 11.7 Å². The van der Waals surface area contributed by atoms with Crippen LogP contribution in [0.1, 0.15) is 10.4 Å². The molecular formula is C20H14F2N4OS. The number of thiazole rings is 1. The molecule has 0 aliphatic carbocycles. The maximum atomic E-state index is 14.0. The first-order chi connectivity index (χ1) is 13.5. The predicted molar refractivity (Wildman–Crippen MR) is 104 cm³/mol. The molecule has 28 heavy (non-hydrogen) atoms. The molecule has 0 bridgehead atoms. The zero-order valence-electron chi connectivity index (χ0n) is 14.7. The van der Waals surface area contributed by atoms with Gasteiger partial charge in [0.05, 0.1) is 21.8 Å². The van der Waals surface area contributed by atoms with Crippen LogP contribution in [0.25, 0.3) is 21.8 Å². The van der Waals surface area contributed by atoms with Gasteiger partial charge in [-0.05, 0) is 30.3 Å². The largest absolute Gasteiger partial charge is 0.298 e. The van der Waals surface area contributed by atoms with E-state index in [0.717, 1.165) is 10.6 Å². The Labute approximate surface area is 163 Å². The van der Waals surface area contributed by atoms with Gasteiger partial charge in [0.15, 0.2) is 5.13 Å². The molecule has 0 aliphatic heterocycles. The summed E-state index contributed by atoms with van der Waals surface area (Å²) in [6.07, 6.45) is 1.59. The number of halogens is 2. The van der Waals surface area contributed by atoms with Gasteiger partial charge in [-0.2, -0.15) is 5.10 Å². The van der Waals surface area contributed by atoms with E-state index in [1.807, 2.05) is 0 Å². The van der Waals surface area contributed by atoms with Gasteiger partial charge in [-0.15, -0.1) is 0 Å². The van der Waals surface area contributed by atoms with Crippen molar-refractivity contribution in [3.63, 3.8) is 0 Å². The maximum absolute atomic E-state index is 14.0. The van der Waals surface area contributed by atoms with Crippen LogP contribution in [-0.2, 0) is 7.05 Å². The first-order valence-corrected chi connectivity index (χ1v) is 9.15. The summed E-state index contributed by atoms with van der Waals surface area (Å²) < 4.78 is 29.4. The molecule has 0 unspecified atom stereocenters. The smallest absolute Gasteiger partial charge is 0.260 e. The van der Waals surface area contributed by atoms with E-state index in [4.69, 9.17) is 0 Å². The number of nitrogens with zero attached hydrogens (tertiary/aromatic N) is 3. The van der Waals surface area contributed by atoms with Gasteiger partial charge >= 0.3 is 0 Å². The summed E-state index contributed by atoms with van der Waals surface area (Å²) in [5, 5.41) is 7.29. The van der Waals surface area contributed by atoms with Crippen LogP contribution in [-0.4, -0.2) is 20.7 Å². The highest BCUT2D eigenvalue weighted by atomic mass is 32.1. The van der Waals surface area contributed by atoms with Crippen molar-refractivity contribution in [1.82, 2.24) is 14.8 Å². The molecule has 2 heterocycles. The predicted octanol–water partition coefficient (Wildman–Crippen LogP) is 4.74. The number of aryl methyl sites for hydroxylation is 1. The van der Waals surface area contributed by atoms with Crippen LogP contribution in [0.4, 0.5) is 13.9 Å². The lowest BCUT2D eigenvalue weighted by Gasteiger charge is -2.02. The maximum Gasteiger partial charge on any atom is 0.260 e. The lowest BCUT2D eigenvalue weighted by Crippen LogP contribution is -2.13. The average Bonchev–Trinajstić information content (AvgIpc) is 3.28. The molecular weight excluding hydrogens is 382 g/mol. The van der Waals surface area contributed by atoms with Gasteiger partial charge in [-0.1, -0.05) is 35.6 Å². The van der Waals surface area contributed by atoms with Crippen molar-refractivity contribution < 1.29 is 13.6 Å². The number of nitrogens with one attached hydrogen (secondary N) is 1. The fourth-order valence-electron chi connectivity index (χ4n) is 2.76. The highest BCUT2D eigenvalue weighted by molar-refractivity contribution is 7.19. The average molecular weight is 396 g/mol. The number of hydrogen-bond donors (Lipinski definition) is 1. The van der Waals surface area contributed by atoms with Crippen molar-refractivity contribution in [2.75, 3.05) is 5.32 Å². The van der Waals surface area contributed by atoms with Gasteiger partial charge < -0.3 is 0 Å². The zero-order chi connectivity index (χ0) is 19.7. The molecule has 0 saturated carbocycles. The van der Waals surface area contributed by atoms with Crippen molar-refractivity contribution in [1.29, 1.82) is 0 Å². The molecule has 1 amide bonds. The van der Waals surface area contributed by atoms with Crippen LogP contribution in [0, 0.1) is 11.6 Å². The second-order valence-corrected chi connectivity index (χ2v) is 7.01. The van der Waals surface area contributed by atoms with E-state index >= 15 is 0 Å². The van der Waals surface area contributed by atoms with E-state index in [2.05, 4.69) is 15.4 Å². The van der Waals surface area contributed by atoms with Gasteiger partial charge in [-0.3, -0.25) is 14.8 Å². The second-order valence-electron chi connectivity index (χ2n) is 5.98. The fourth-order valence-corrected chi connectivity index (χ4v) is 3.62. The molecule has 4 aromatic rings.